The van der Waals surface area contributed by atoms with Crippen LogP contribution in [0.5, 0.6) is 0 Å². The van der Waals surface area contributed by atoms with Gasteiger partial charge < -0.3 is 19.4 Å². The molecule has 0 fully saturated rings. The molecule has 3 rings (SSSR count). The van der Waals surface area contributed by atoms with E-state index >= 15 is 0 Å². The molecule has 2 aromatic carbocycles. The third kappa shape index (κ3) is 11.4. The first-order valence-electron chi connectivity index (χ1n) is 14.6. The van der Waals surface area contributed by atoms with E-state index in [0.29, 0.717) is 6.42 Å². The van der Waals surface area contributed by atoms with Crippen LogP contribution in [0.2, 0.25) is 0 Å². The van der Waals surface area contributed by atoms with Crippen LogP contribution < -0.4 is 0 Å². The monoisotopic (exact) mass is 616 g/mol. The Morgan fingerprint density at radius 1 is 0.846 bits per heavy atom. The number of benzene rings is 2. The van der Waals surface area contributed by atoms with E-state index in [1.165, 1.54) is 52.7 Å². The molecule has 0 unspecified atom stereocenters. The van der Waals surface area contributed by atoms with Gasteiger partial charge >= 0.3 is 20.4 Å². The maximum absolute atomic E-state index is 11.4. The Morgan fingerprint density at radius 3 is 2.05 bits per heavy atom. The Labute approximate surface area is 254 Å². The van der Waals surface area contributed by atoms with Gasteiger partial charge in [0.15, 0.2) is 0 Å². The van der Waals surface area contributed by atoms with Crippen LogP contribution in [-0.4, -0.2) is 4.70 Å². The van der Waals surface area contributed by atoms with Gasteiger partial charge in [-0.2, -0.15) is 12.8 Å². The Kier molecular flexibility index (Phi) is 20.3. The fourth-order valence-corrected chi connectivity index (χ4v) is 4.30. The van der Waals surface area contributed by atoms with Gasteiger partial charge in [-0.25, -0.2) is 4.70 Å². The molecule has 3 heteroatoms. The minimum Gasteiger partial charge on any atom is -0.493 e. The molecule has 0 aliphatic carbocycles. The van der Waals surface area contributed by atoms with E-state index in [1.807, 2.05) is 12.1 Å². The summed E-state index contributed by atoms with van der Waals surface area (Å²) in [6.45, 7) is 18.0. The Morgan fingerprint density at radius 2 is 1.49 bits per heavy atom. The molecule has 2 nitrogen and oxygen atoms in total. The Bertz CT molecular complexity index is 1090. The molecule has 0 spiro atoms. The van der Waals surface area contributed by atoms with Gasteiger partial charge in [-0.15, -0.1) is 12.3 Å². The predicted molar refractivity (Wildman–Crippen MR) is 167 cm³/mol. The number of hydrogen-bond donors (Lipinski definition) is 0. The first kappa shape index (κ1) is 36.7. The summed E-state index contributed by atoms with van der Waals surface area (Å²) in [5, 5.41) is 0. The number of nitrogens with zero attached hydrogens (tertiary/aromatic N) is 2. The quantitative estimate of drug-likeness (QED) is 0.0789. The third-order valence-electron chi connectivity index (χ3n) is 6.67. The zero-order valence-electron chi connectivity index (χ0n) is 25.1. The molecule has 1 heterocycles. The van der Waals surface area contributed by atoms with Crippen molar-refractivity contribution >= 4 is 11.4 Å². The minimum absolute atomic E-state index is 0. The molecule has 0 bridgehead atoms. The first-order chi connectivity index (χ1) is 18.4. The molecule has 1 aliphatic rings. The molecule has 0 amide bonds. The van der Waals surface area contributed by atoms with Crippen LogP contribution in [0.1, 0.15) is 115 Å². The number of allylic oxidation sites excluding steroid dienone is 2. The summed E-state index contributed by atoms with van der Waals surface area (Å²) in [4.78, 5) is 0. The Hall–Kier alpha value is -2.26. The summed E-state index contributed by atoms with van der Waals surface area (Å²) in [5.74, 6) is 2.74. The van der Waals surface area contributed by atoms with Gasteiger partial charge in [0.05, 0.1) is 0 Å². The summed E-state index contributed by atoms with van der Waals surface area (Å²) in [6.07, 6.45) is 17.0. The Balaban J connectivity index is 0.00000142. The molecule has 1 aliphatic heterocycles. The van der Waals surface area contributed by atoms with Crippen LogP contribution in [0.3, 0.4) is 0 Å². The summed E-state index contributed by atoms with van der Waals surface area (Å²) >= 11 is 0. The zero-order chi connectivity index (χ0) is 28.3. The van der Waals surface area contributed by atoms with Crippen molar-refractivity contribution in [3.63, 3.8) is 0 Å². The second-order valence-corrected chi connectivity index (χ2v) is 9.69. The maximum Gasteiger partial charge on any atom is 2.00 e. The molecular formula is C36H50N2Pd. The molecule has 0 saturated carbocycles. The van der Waals surface area contributed by atoms with Gasteiger partial charge in [0.25, 0.3) is 0 Å². The normalized spacial score (nSPS) is 12.2. The van der Waals surface area contributed by atoms with Crippen LogP contribution in [-0.2, 0) is 33.3 Å². The molecule has 0 atom stereocenters. The van der Waals surface area contributed by atoms with Crippen molar-refractivity contribution in [3.8, 4) is 12.3 Å². The van der Waals surface area contributed by atoms with Crippen molar-refractivity contribution in [2.75, 3.05) is 0 Å². The molecular weight excluding hydrogens is 567 g/mol. The van der Waals surface area contributed by atoms with E-state index in [2.05, 4.69) is 90.8 Å². The summed E-state index contributed by atoms with van der Waals surface area (Å²) in [6, 6.07) is 16.9. The number of terminal acetylenes is 1. The smallest absolute Gasteiger partial charge is 0.493 e. The molecule has 0 radical (unpaired) electrons. The first-order valence-corrected chi connectivity index (χ1v) is 14.6. The van der Waals surface area contributed by atoms with Crippen LogP contribution in [0.4, 0.5) is 0 Å². The van der Waals surface area contributed by atoms with Crippen LogP contribution in [0.25, 0.3) is 16.9 Å². The average molecular weight is 617 g/mol. The fraction of sp³-hybridized carbons (Fsp3) is 0.444. The van der Waals surface area contributed by atoms with Gasteiger partial charge in [0.2, 0.25) is 11.4 Å². The zero-order valence-corrected chi connectivity index (χ0v) is 26.7. The maximum atomic E-state index is 11.4. The van der Waals surface area contributed by atoms with E-state index in [4.69, 9.17) is 6.42 Å². The number of hydrogen-bond acceptors (Lipinski definition) is 0. The predicted octanol–water partition coefficient (Wildman–Crippen LogP) is 10.8. The summed E-state index contributed by atoms with van der Waals surface area (Å²) in [5.41, 5.74) is 20.3. The third-order valence-corrected chi connectivity index (χ3v) is 6.67. The van der Waals surface area contributed by atoms with E-state index in [9.17, 15) is 5.53 Å². The van der Waals surface area contributed by atoms with Crippen molar-refractivity contribution in [3.05, 3.63) is 101 Å². The van der Waals surface area contributed by atoms with Crippen LogP contribution in [0, 0.1) is 26.2 Å². The van der Waals surface area contributed by atoms with Gasteiger partial charge in [0.1, 0.15) is 0 Å². The van der Waals surface area contributed by atoms with Crippen LogP contribution >= 0.6 is 0 Å². The topological polar surface area (TPSA) is 25.3 Å². The van der Waals surface area contributed by atoms with E-state index in [1.54, 1.807) is 0 Å². The second-order valence-electron chi connectivity index (χ2n) is 9.69. The minimum atomic E-state index is 0. The molecule has 2 aromatic rings. The SMILES string of the molecule is C#CCCc1ccccc1C1=C(C)C(CCCCC)=C(c2cccc(CC)c2)[N+]1=[N-].[CH2-]CCC.[CH2-]CCC.[Pd+2]. The van der Waals surface area contributed by atoms with Gasteiger partial charge in [-0.05, 0) is 61.9 Å². The number of unbranched alkanes of at least 4 members (excludes halogenated alkanes) is 4. The molecule has 0 aromatic heterocycles. The largest absolute Gasteiger partial charge is 2.00 e. The van der Waals surface area contributed by atoms with Crippen molar-refractivity contribution in [1.82, 2.24) is 0 Å². The van der Waals surface area contributed by atoms with Crippen molar-refractivity contribution in [2.24, 2.45) is 0 Å². The summed E-state index contributed by atoms with van der Waals surface area (Å²) < 4.78 is 1.43. The fourth-order valence-electron chi connectivity index (χ4n) is 4.30. The number of rotatable bonds is 11. The van der Waals surface area contributed by atoms with E-state index < -0.39 is 0 Å². The van der Waals surface area contributed by atoms with Gasteiger partial charge in [0, 0.05) is 28.7 Å². The van der Waals surface area contributed by atoms with Crippen LogP contribution in [0.15, 0.2) is 59.7 Å². The van der Waals surface area contributed by atoms with Crippen molar-refractivity contribution in [1.29, 1.82) is 0 Å². The molecule has 214 valence electrons. The number of aryl methyl sites for hydroxylation is 2. The van der Waals surface area contributed by atoms with Crippen molar-refractivity contribution in [2.45, 2.75) is 105 Å². The second kappa shape index (κ2) is 21.6. The van der Waals surface area contributed by atoms with Gasteiger partial charge in [-0.1, -0.05) is 83.7 Å². The van der Waals surface area contributed by atoms with Gasteiger partial charge in [-0.3, -0.25) is 0 Å². The standard InChI is InChI=1S/C28H32N2.2C4H9.Pd/c1-5-8-10-18-25-21(4)27(26-19-12-11-16-23(26)15-9-6-2)30(29)28(25)24-17-13-14-22(7-3)20-24;2*1-3-4-2;/h2,11-14,16-17,19-20H,5,7-10,15,18H2,1,3-4H3;2*1,3-4H2,2H3;/q;2*-1;+2. The van der Waals surface area contributed by atoms with Crippen molar-refractivity contribution < 1.29 is 25.1 Å². The molecule has 39 heavy (non-hydrogen) atoms. The van der Waals surface area contributed by atoms with E-state index in [-0.39, 0.29) is 20.4 Å². The molecule has 0 N–H and O–H groups in total. The average Bonchev–Trinajstić information content (AvgIpc) is 3.21. The summed E-state index contributed by atoms with van der Waals surface area (Å²) in [7, 11) is 0. The van der Waals surface area contributed by atoms with E-state index in [0.717, 1.165) is 61.0 Å². The molecule has 0 saturated heterocycles.